The van der Waals surface area contributed by atoms with Crippen LogP contribution in [0.25, 0.3) is 0 Å². The number of aromatic nitrogens is 1. The van der Waals surface area contributed by atoms with Crippen LogP contribution in [0.3, 0.4) is 0 Å². The molecule has 3 rings (SSSR count). The number of nitrogens with one attached hydrogen (secondary N) is 1. The van der Waals surface area contributed by atoms with Crippen molar-refractivity contribution in [3.63, 3.8) is 0 Å². The van der Waals surface area contributed by atoms with E-state index in [9.17, 15) is 14.3 Å². The number of aliphatic hydroxyl groups is 1. The standard InChI is InChI=1S/C19H25FN4O2S/c1-12(22-18(26)17-11-21-19(27-17)13(2)25)15-10-14(20)4-5-16(15)24-8-6-23(3)7-9-24/h4-5,10-13,25H,6-9H2,1-3H3,(H,22,26)/t12-,13+/m0/s1. The van der Waals surface area contributed by atoms with Gasteiger partial charge in [0.25, 0.3) is 5.91 Å². The van der Waals surface area contributed by atoms with Crippen LogP contribution < -0.4 is 10.2 Å². The van der Waals surface area contributed by atoms with Gasteiger partial charge in [-0.1, -0.05) is 0 Å². The van der Waals surface area contributed by atoms with Crippen molar-refractivity contribution in [1.82, 2.24) is 15.2 Å². The summed E-state index contributed by atoms with van der Waals surface area (Å²) in [6, 6.07) is 4.38. The van der Waals surface area contributed by atoms with Gasteiger partial charge in [-0.2, -0.15) is 0 Å². The summed E-state index contributed by atoms with van der Waals surface area (Å²) in [4.78, 5) is 21.5. The number of rotatable bonds is 5. The number of aliphatic hydroxyl groups excluding tert-OH is 1. The molecule has 0 saturated carbocycles. The van der Waals surface area contributed by atoms with E-state index in [0.29, 0.717) is 9.88 Å². The zero-order valence-electron chi connectivity index (χ0n) is 15.8. The van der Waals surface area contributed by atoms with Crippen LogP contribution in [0.4, 0.5) is 10.1 Å². The van der Waals surface area contributed by atoms with E-state index in [-0.39, 0.29) is 17.8 Å². The number of benzene rings is 1. The van der Waals surface area contributed by atoms with E-state index in [1.807, 2.05) is 6.92 Å². The largest absolute Gasteiger partial charge is 0.386 e. The van der Waals surface area contributed by atoms with E-state index in [1.54, 1.807) is 13.0 Å². The zero-order chi connectivity index (χ0) is 19.6. The molecule has 0 radical (unpaired) electrons. The maximum atomic E-state index is 13.9. The Labute approximate surface area is 162 Å². The third-order valence-corrected chi connectivity index (χ3v) is 5.92. The Morgan fingerprint density at radius 1 is 1.30 bits per heavy atom. The Morgan fingerprint density at radius 2 is 2.00 bits per heavy atom. The number of hydrogen-bond donors (Lipinski definition) is 2. The molecule has 2 atom stereocenters. The number of carbonyl (C=O) groups excluding carboxylic acids is 1. The summed E-state index contributed by atoms with van der Waals surface area (Å²) in [5, 5.41) is 13.0. The molecular weight excluding hydrogens is 367 g/mol. The second-order valence-electron chi connectivity index (χ2n) is 6.93. The van der Waals surface area contributed by atoms with Gasteiger partial charge in [0.05, 0.1) is 12.2 Å². The lowest BCUT2D eigenvalue weighted by molar-refractivity contribution is 0.0943. The lowest BCUT2D eigenvalue weighted by Gasteiger charge is -2.36. The fourth-order valence-corrected chi connectivity index (χ4v) is 3.90. The summed E-state index contributed by atoms with van der Waals surface area (Å²) in [6.45, 7) is 7.08. The van der Waals surface area contributed by atoms with E-state index in [4.69, 9.17) is 0 Å². The van der Waals surface area contributed by atoms with Crippen molar-refractivity contribution in [3.05, 3.63) is 45.7 Å². The maximum absolute atomic E-state index is 13.9. The molecule has 2 N–H and O–H groups in total. The molecule has 1 fully saturated rings. The highest BCUT2D eigenvalue weighted by molar-refractivity contribution is 7.13. The van der Waals surface area contributed by atoms with Gasteiger partial charge in [-0.15, -0.1) is 11.3 Å². The van der Waals surface area contributed by atoms with Gasteiger partial charge < -0.3 is 20.2 Å². The van der Waals surface area contributed by atoms with Crippen LogP contribution in [-0.2, 0) is 0 Å². The average Bonchev–Trinajstić information content (AvgIpc) is 3.13. The number of nitrogens with zero attached hydrogens (tertiary/aromatic N) is 3. The molecule has 1 amide bonds. The lowest BCUT2D eigenvalue weighted by Crippen LogP contribution is -2.45. The number of thiazole rings is 1. The molecule has 1 aliphatic rings. The van der Waals surface area contributed by atoms with Crippen LogP contribution in [0.1, 0.15) is 46.2 Å². The molecule has 6 nitrogen and oxygen atoms in total. The number of anilines is 1. The fraction of sp³-hybridized carbons (Fsp3) is 0.474. The van der Waals surface area contributed by atoms with E-state index >= 15 is 0 Å². The maximum Gasteiger partial charge on any atom is 0.263 e. The van der Waals surface area contributed by atoms with Crippen LogP contribution in [-0.4, -0.2) is 54.1 Å². The molecule has 8 heteroatoms. The fourth-order valence-electron chi connectivity index (χ4n) is 3.14. The van der Waals surface area contributed by atoms with Gasteiger partial charge >= 0.3 is 0 Å². The van der Waals surface area contributed by atoms with Crippen molar-refractivity contribution in [2.45, 2.75) is 26.0 Å². The predicted molar refractivity (Wildman–Crippen MR) is 105 cm³/mol. The van der Waals surface area contributed by atoms with Gasteiger partial charge in [0.15, 0.2) is 0 Å². The highest BCUT2D eigenvalue weighted by Gasteiger charge is 2.22. The van der Waals surface area contributed by atoms with Gasteiger partial charge in [-0.25, -0.2) is 9.37 Å². The van der Waals surface area contributed by atoms with Crippen molar-refractivity contribution in [2.24, 2.45) is 0 Å². The SMILES string of the molecule is C[C@H](NC(=O)c1cnc([C@@H](C)O)s1)c1cc(F)ccc1N1CCN(C)CC1. The molecule has 0 spiro atoms. The lowest BCUT2D eigenvalue weighted by atomic mass is 10.0. The van der Waals surface area contributed by atoms with Crippen molar-refractivity contribution in [2.75, 3.05) is 38.1 Å². The highest BCUT2D eigenvalue weighted by Crippen LogP contribution is 2.29. The highest BCUT2D eigenvalue weighted by atomic mass is 32.1. The van der Waals surface area contributed by atoms with E-state index in [0.717, 1.165) is 48.8 Å². The topological polar surface area (TPSA) is 68.7 Å². The minimum Gasteiger partial charge on any atom is -0.386 e. The molecule has 0 aliphatic carbocycles. The second-order valence-corrected chi connectivity index (χ2v) is 7.99. The van der Waals surface area contributed by atoms with Gasteiger partial charge in [-0.3, -0.25) is 4.79 Å². The van der Waals surface area contributed by atoms with Crippen LogP contribution in [0, 0.1) is 5.82 Å². The van der Waals surface area contributed by atoms with Crippen molar-refractivity contribution in [1.29, 1.82) is 0 Å². The molecule has 146 valence electrons. The van der Waals surface area contributed by atoms with Crippen LogP contribution >= 0.6 is 11.3 Å². The van der Waals surface area contributed by atoms with Crippen molar-refractivity contribution >= 4 is 22.9 Å². The third kappa shape index (κ3) is 4.63. The smallest absolute Gasteiger partial charge is 0.263 e. The molecule has 0 unspecified atom stereocenters. The molecule has 0 bridgehead atoms. The van der Waals surface area contributed by atoms with Crippen LogP contribution in [0.15, 0.2) is 24.4 Å². The predicted octanol–water partition coefficient (Wildman–Crippen LogP) is 2.58. The van der Waals surface area contributed by atoms with Gasteiger partial charge in [0.2, 0.25) is 0 Å². The summed E-state index contributed by atoms with van der Waals surface area (Å²) in [6.07, 6.45) is 0.753. The minimum absolute atomic E-state index is 0.277. The summed E-state index contributed by atoms with van der Waals surface area (Å²) < 4.78 is 13.9. The Balaban J connectivity index is 1.78. The van der Waals surface area contributed by atoms with Gasteiger partial charge in [0, 0.05) is 37.4 Å². The quantitative estimate of drug-likeness (QED) is 0.819. The number of piperazine rings is 1. The first kappa shape index (κ1) is 19.7. The third-order valence-electron chi connectivity index (χ3n) is 4.75. The summed E-state index contributed by atoms with van der Waals surface area (Å²) in [7, 11) is 2.09. The van der Waals surface area contributed by atoms with E-state index in [2.05, 4.69) is 27.1 Å². The Morgan fingerprint density at radius 3 is 2.63 bits per heavy atom. The minimum atomic E-state index is -0.707. The van der Waals surface area contributed by atoms with Crippen LogP contribution in [0.5, 0.6) is 0 Å². The van der Waals surface area contributed by atoms with Gasteiger partial charge in [-0.05, 0) is 39.1 Å². The molecule has 1 aromatic carbocycles. The van der Waals surface area contributed by atoms with E-state index in [1.165, 1.54) is 18.3 Å². The zero-order valence-corrected chi connectivity index (χ0v) is 16.6. The Bertz CT molecular complexity index is 803. The van der Waals surface area contributed by atoms with Gasteiger partial charge in [0.1, 0.15) is 21.8 Å². The molecule has 27 heavy (non-hydrogen) atoms. The summed E-state index contributed by atoms with van der Waals surface area (Å²) in [5.74, 6) is -0.598. The number of likely N-dealkylation sites (N-methyl/N-ethyl adjacent to an activating group) is 1. The first-order valence-electron chi connectivity index (χ1n) is 9.02. The summed E-state index contributed by atoms with van der Waals surface area (Å²) in [5.41, 5.74) is 1.71. The molecular formula is C19H25FN4O2S. The monoisotopic (exact) mass is 392 g/mol. The average molecular weight is 393 g/mol. The first-order chi connectivity index (χ1) is 12.8. The number of halogens is 1. The summed E-state index contributed by atoms with van der Waals surface area (Å²) >= 11 is 1.16. The molecule has 1 saturated heterocycles. The first-order valence-corrected chi connectivity index (χ1v) is 9.84. The normalized spacial score (nSPS) is 17.6. The van der Waals surface area contributed by atoms with Crippen molar-refractivity contribution in [3.8, 4) is 0 Å². The number of amides is 1. The number of hydrogen-bond acceptors (Lipinski definition) is 6. The molecule has 2 heterocycles. The molecule has 1 aromatic heterocycles. The van der Waals surface area contributed by atoms with Crippen LogP contribution in [0.2, 0.25) is 0 Å². The Hall–Kier alpha value is -2.03. The Kier molecular flexibility index (Phi) is 6.08. The van der Waals surface area contributed by atoms with Crippen molar-refractivity contribution < 1.29 is 14.3 Å². The molecule has 1 aliphatic heterocycles. The second kappa shape index (κ2) is 8.33. The molecule has 2 aromatic rings. The van der Waals surface area contributed by atoms with E-state index < -0.39 is 6.10 Å². The number of carbonyl (C=O) groups is 1.